The lowest BCUT2D eigenvalue weighted by molar-refractivity contribution is 0.0401. The second kappa shape index (κ2) is 6.28. The number of ether oxygens (including phenoxy) is 1. The van der Waals surface area contributed by atoms with Gasteiger partial charge in [0.2, 0.25) is 0 Å². The van der Waals surface area contributed by atoms with Crippen molar-refractivity contribution in [1.82, 2.24) is 0 Å². The van der Waals surface area contributed by atoms with Crippen LogP contribution in [0, 0.1) is 0 Å². The fourth-order valence-corrected chi connectivity index (χ4v) is 3.74. The highest BCUT2D eigenvalue weighted by molar-refractivity contribution is 5.28. The maximum atomic E-state index is 6.37. The molecule has 2 aliphatic rings. The summed E-state index contributed by atoms with van der Waals surface area (Å²) in [5.41, 5.74) is 9.09. The highest BCUT2D eigenvalue weighted by Crippen LogP contribution is 2.34. The summed E-state index contributed by atoms with van der Waals surface area (Å²) in [5.74, 6) is 0.775. The van der Waals surface area contributed by atoms with Crippen LogP contribution >= 0.6 is 0 Å². The molecule has 0 spiro atoms. The van der Waals surface area contributed by atoms with E-state index in [0.717, 1.165) is 18.8 Å². The van der Waals surface area contributed by atoms with E-state index >= 15 is 0 Å². The third-order valence-corrected chi connectivity index (χ3v) is 5.06. The zero-order valence-corrected chi connectivity index (χ0v) is 12.6. The van der Waals surface area contributed by atoms with E-state index in [1.54, 1.807) is 0 Å². The maximum Gasteiger partial charge on any atom is 0.0772 e. The molecule has 1 heterocycles. The van der Waals surface area contributed by atoms with E-state index in [4.69, 9.17) is 10.5 Å². The van der Waals surface area contributed by atoms with Crippen LogP contribution in [0.3, 0.4) is 0 Å². The fraction of sp³-hybridized carbons (Fsp3) is 0.667. The molecule has 1 aliphatic heterocycles. The summed E-state index contributed by atoms with van der Waals surface area (Å²) in [6, 6.07) is 9.06. The third kappa shape index (κ3) is 3.07. The summed E-state index contributed by atoms with van der Waals surface area (Å²) in [4.78, 5) is 0. The molecule has 3 rings (SSSR count). The van der Waals surface area contributed by atoms with Crippen LogP contribution in [0.5, 0.6) is 0 Å². The monoisotopic (exact) mass is 273 g/mol. The van der Waals surface area contributed by atoms with Gasteiger partial charge in [0, 0.05) is 0 Å². The quantitative estimate of drug-likeness (QED) is 0.891. The molecule has 110 valence electrons. The van der Waals surface area contributed by atoms with Gasteiger partial charge in [0.05, 0.1) is 18.2 Å². The third-order valence-electron chi connectivity index (χ3n) is 5.06. The van der Waals surface area contributed by atoms with Gasteiger partial charge in [-0.05, 0) is 49.7 Å². The van der Waals surface area contributed by atoms with Crippen LogP contribution in [0.25, 0.3) is 0 Å². The van der Waals surface area contributed by atoms with E-state index in [-0.39, 0.29) is 12.1 Å². The van der Waals surface area contributed by atoms with Crippen molar-refractivity contribution in [2.24, 2.45) is 5.73 Å². The van der Waals surface area contributed by atoms with Gasteiger partial charge in [-0.2, -0.15) is 0 Å². The van der Waals surface area contributed by atoms with Gasteiger partial charge >= 0.3 is 0 Å². The molecule has 1 saturated heterocycles. The number of nitrogens with two attached hydrogens (primary N) is 1. The summed E-state index contributed by atoms with van der Waals surface area (Å²) in [7, 11) is 0. The predicted octanol–water partition coefficient (Wildman–Crippen LogP) is 4.30. The van der Waals surface area contributed by atoms with Crippen molar-refractivity contribution < 1.29 is 4.74 Å². The summed E-state index contributed by atoms with van der Waals surface area (Å²) in [5, 5.41) is 0. The Hall–Kier alpha value is -0.860. The summed E-state index contributed by atoms with van der Waals surface area (Å²) in [6.07, 6.45) is 9.70. The summed E-state index contributed by atoms with van der Waals surface area (Å²) in [6.45, 7) is 2.14. The maximum absolute atomic E-state index is 6.37. The Morgan fingerprint density at radius 2 is 1.70 bits per heavy atom. The molecule has 2 N–H and O–H groups in total. The Labute approximate surface area is 122 Å². The molecule has 0 radical (unpaired) electrons. The standard InChI is InChI=1S/C18H27NO/c1-13-7-12-17(20-13)18(19)16-10-8-15(9-11-16)14-5-3-2-4-6-14/h8-11,13-14,17-18H,2-7,12,19H2,1H3. The Bertz CT molecular complexity index is 422. The van der Waals surface area contributed by atoms with E-state index < -0.39 is 0 Å². The molecule has 2 fully saturated rings. The van der Waals surface area contributed by atoms with Gasteiger partial charge in [-0.1, -0.05) is 43.5 Å². The van der Waals surface area contributed by atoms with Gasteiger partial charge in [0.15, 0.2) is 0 Å². The Morgan fingerprint density at radius 3 is 2.30 bits per heavy atom. The fourth-order valence-electron chi connectivity index (χ4n) is 3.74. The van der Waals surface area contributed by atoms with E-state index in [1.807, 2.05) is 0 Å². The molecule has 3 atom stereocenters. The van der Waals surface area contributed by atoms with Crippen LogP contribution < -0.4 is 5.73 Å². The Morgan fingerprint density at radius 1 is 1.00 bits per heavy atom. The highest BCUT2D eigenvalue weighted by Gasteiger charge is 2.28. The first-order valence-electron chi connectivity index (χ1n) is 8.25. The second-order valence-corrected chi connectivity index (χ2v) is 6.59. The predicted molar refractivity (Wildman–Crippen MR) is 82.8 cm³/mol. The van der Waals surface area contributed by atoms with E-state index in [1.165, 1.54) is 43.2 Å². The Kier molecular flexibility index (Phi) is 4.42. The molecule has 0 aromatic heterocycles. The SMILES string of the molecule is CC1CCC(C(N)c2ccc(C3CCCCC3)cc2)O1. The zero-order valence-electron chi connectivity index (χ0n) is 12.6. The van der Waals surface area contributed by atoms with Crippen LogP contribution in [-0.2, 0) is 4.74 Å². The van der Waals surface area contributed by atoms with Crippen molar-refractivity contribution in [1.29, 1.82) is 0 Å². The zero-order chi connectivity index (χ0) is 13.9. The van der Waals surface area contributed by atoms with Crippen LogP contribution in [0.1, 0.15) is 75.0 Å². The number of hydrogen-bond donors (Lipinski definition) is 1. The van der Waals surface area contributed by atoms with E-state index in [0.29, 0.717) is 6.10 Å². The normalized spacial score (nSPS) is 29.5. The minimum Gasteiger partial charge on any atom is -0.373 e. The lowest BCUT2D eigenvalue weighted by atomic mass is 9.83. The first-order valence-corrected chi connectivity index (χ1v) is 8.25. The molecule has 2 nitrogen and oxygen atoms in total. The second-order valence-electron chi connectivity index (χ2n) is 6.59. The number of benzene rings is 1. The minimum atomic E-state index is 0.0281. The molecule has 0 bridgehead atoms. The average Bonchev–Trinajstić information content (AvgIpc) is 2.94. The summed E-state index contributed by atoms with van der Waals surface area (Å²) < 4.78 is 5.90. The molecular weight excluding hydrogens is 246 g/mol. The largest absolute Gasteiger partial charge is 0.373 e. The number of hydrogen-bond acceptors (Lipinski definition) is 2. The molecule has 0 amide bonds. The van der Waals surface area contributed by atoms with Crippen molar-refractivity contribution in [3.05, 3.63) is 35.4 Å². The highest BCUT2D eigenvalue weighted by atomic mass is 16.5. The summed E-state index contributed by atoms with van der Waals surface area (Å²) >= 11 is 0. The van der Waals surface area contributed by atoms with Gasteiger partial charge in [0.1, 0.15) is 0 Å². The van der Waals surface area contributed by atoms with Crippen LogP contribution in [0.2, 0.25) is 0 Å². The van der Waals surface area contributed by atoms with Gasteiger partial charge in [-0.25, -0.2) is 0 Å². The molecule has 1 aliphatic carbocycles. The van der Waals surface area contributed by atoms with Crippen LogP contribution in [0.4, 0.5) is 0 Å². The molecule has 2 heteroatoms. The van der Waals surface area contributed by atoms with E-state index in [9.17, 15) is 0 Å². The topological polar surface area (TPSA) is 35.2 Å². The Balaban J connectivity index is 1.66. The molecule has 1 saturated carbocycles. The smallest absolute Gasteiger partial charge is 0.0772 e. The van der Waals surface area contributed by atoms with Crippen molar-refractivity contribution in [2.45, 2.75) is 76.0 Å². The van der Waals surface area contributed by atoms with Crippen molar-refractivity contribution in [3.63, 3.8) is 0 Å². The first kappa shape index (κ1) is 14.1. The minimum absolute atomic E-state index is 0.0281. The average molecular weight is 273 g/mol. The van der Waals surface area contributed by atoms with Gasteiger partial charge in [-0.15, -0.1) is 0 Å². The van der Waals surface area contributed by atoms with Crippen LogP contribution in [-0.4, -0.2) is 12.2 Å². The van der Waals surface area contributed by atoms with E-state index in [2.05, 4.69) is 31.2 Å². The molecule has 1 aromatic rings. The van der Waals surface area contributed by atoms with Gasteiger partial charge in [0.25, 0.3) is 0 Å². The number of rotatable bonds is 3. The van der Waals surface area contributed by atoms with Crippen molar-refractivity contribution in [3.8, 4) is 0 Å². The molecule has 20 heavy (non-hydrogen) atoms. The molecule has 1 aromatic carbocycles. The lowest BCUT2D eigenvalue weighted by Crippen LogP contribution is -2.26. The lowest BCUT2D eigenvalue weighted by Gasteiger charge is -2.23. The molecular formula is C18H27NO. The van der Waals surface area contributed by atoms with Crippen LogP contribution in [0.15, 0.2) is 24.3 Å². The molecule has 3 unspecified atom stereocenters. The van der Waals surface area contributed by atoms with Gasteiger partial charge < -0.3 is 10.5 Å². The van der Waals surface area contributed by atoms with Gasteiger partial charge in [-0.3, -0.25) is 0 Å². The first-order chi connectivity index (χ1) is 9.74. The van der Waals surface area contributed by atoms with Crippen molar-refractivity contribution >= 4 is 0 Å². The van der Waals surface area contributed by atoms with Crippen molar-refractivity contribution in [2.75, 3.05) is 0 Å².